The van der Waals surface area contributed by atoms with Crippen molar-refractivity contribution in [3.63, 3.8) is 0 Å². The number of allylic oxidation sites excluding steroid dienone is 1. The number of piperazine rings is 1. The first-order valence-electron chi connectivity index (χ1n) is 11.9. The molecule has 0 spiro atoms. The molecule has 1 aliphatic heterocycles. The number of likely N-dealkylation sites (N-methyl/N-ethyl adjacent to an activating group) is 1. The van der Waals surface area contributed by atoms with Crippen LogP contribution in [0.1, 0.15) is 71.8 Å². The van der Waals surface area contributed by atoms with Crippen molar-refractivity contribution >= 4 is 23.3 Å². The van der Waals surface area contributed by atoms with Gasteiger partial charge in [0.05, 0.1) is 11.4 Å². The van der Waals surface area contributed by atoms with Gasteiger partial charge < -0.3 is 14.7 Å². The van der Waals surface area contributed by atoms with Crippen molar-refractivity contribution in [2.45, 2.75) is 78.3 Å². The standard InChI is InChI=1S/C23H33N5O.C3H8/c1-7-19-22(25-16(3)17-13-14-24-21(15-17)26(4)5)28(18-11-9-10-12-18)20(8-2)23(29)27(19)6;1-3-2/h7,13-15,18,20H,3,8-12H2,1-2,4-6H3;3H2,1-2H3/b19-7+,25-22?;. The Kier molecular flexibility index (Phi) is 9.48. The topological polar surface area (TPSA) is 52.0 Å². The van der Waals surface area contributed by atoms with Crippen LogP contribution in [0.15, 0.2) is 41.7 Å². The zero-order valence-corrected chi connectivity index (χ0v) is 21.1. The molecule has 6 heteroatoms. The minimum absolute atomic E-state index is 0.149. The number of aromatic nitrogens is 1. The number of hydrogen-bond donors (Lipinski definition) is 0. The minimum Gasteiger partial charge on any atom is -0.363 e. The number of aliphatic imine (C=N–C) groups is 1. The third-order valence-corrected chi connectivity index (χ3v) is 5.94. The van der Waals surface area contributed by atoms with E-state index in [9.17, 15) is 4.79 Å². The number of carbonyl (C=O) groups is 1. The van der Waals surface area contributed by atoms with Gasteiger partial charge in [0.2, 0.25) is 5.91 Å². The van der Waals surface area contributed by atoms with E-state index in [1.54, 1.807) is 11.1 Å². The van der Waals surface area contributed by atoms with Gasteiger partial charge in [0, 0.05) is 38.9 Å². The summed E-state index contributed by atoms with van der Waals surface area (Å²) in [7, 11) is 5.78. The molecule has 2 heterocycles. The molecule has 1 aliphatic carbocycles. The van der Waals surface area contributed by atoms with Gasteiger partial charge in [-0.3, -0.25) is 4.79 Å². The molecule has 2 aliphatic rings. The zero-order chi connectivity index (χ0) is 23.8. The number of nitrogens with zero attached hydrogens (tertiary/aromatic N) is 5. The molecular formula is C26H41N5O. The lowest BCUT2D eigenvalue weighted by Crippen LogP contribution is -2.60. The molecule has 1 atom stereocenters. The van der Waals surface area contributed by atoms with Crippen LogP contribution in [0, 0.1) is 0 Å². The second-order valence-electron chi connectivity index (χ2n) is 8.73. The highest BCUT2D eigenvalue weighted by Crippen LogP contribution is 2.33. The first-order chi connectivity index (χ1) is 15.3. The Hall–Kier alpha value is -2.63. The van der Waals surface area contributed by atoms with Crippen molar-refractivity contribution in [3.05, 3.63) is 42.2 Å². The molecule has 1 unspecified atom stereocenters. The molecule has 1 aromatic heterocycles. The van der Waals surface area contributed by atoms with E-state index in [1.165, 1.54) is 19.3 Å². The number of carbonyl (C=O) groups excluding carboxylic acids is 1. The third kappa shape index (κ3) is 5.59. The van der Waals surface area contributed by atoms with Crippen LogP contribution in [0.25, 0.3) is 5.70 Å². The first-order valence-corrected chi connectivity index (χ1v) is 11.9. The molecule has 0 bridgehead atoms. The molecule has 0 radical (unpaired) electrons. The van der Waals surface area contributed by atoms with E-state index in [0.717, 1.165) is 42.2 Å². The van der Waals surface area contributed by atoms with Crippen molar-refractivity contribution in [2.24, 2.45) is 4.99 Å². The smallest absolute Gasteiger partial charge is 0.249 e. The SMILES string of the molecule is C=C(N=C1/C(=C\C)N(C)C(=O)C(CC)N1C1CCCC1)c1ccnc(N(C)C)c1.CCC. The highest BCUT2D eigenvalue weighted by molar-refractivity contribution is 6.09. The van der Waals surface area contributed by atoms with E-state index < -0.39 is 0 Å². The van der Waals surface area contributed by atoms with Crippen LogP contribution in [0.4, 0.5) is 5.82 Å². The molecule has 1 saturated carbocycles. The van der Waals surface area contributed by atoms with Gasteiger partial charge in [-0.15, -0.1) is 0 Å². The Morgan fingerprint density at radius 1 is 1.28 bits per heavy atom. The Bertz CT molecular complexity index is 852. The van der Waals surface area contributed by atoms with E-state index in [4.69, 9.17) is 4.99 Å². The maximum absolute atomic E-state index is 13.1. The van der Waals surface area contributed by atoms with E-state index in [-0.39, 0.29) is 11.9 Å². The number of pyridine rings is 1. The van der Waals surface area contributed by atoms with Crippen molar-refractivity contribution < 1.29 is 4.79 Å². The highest BCUT2D eigenvalue weighted by Gasteiger charge is 2.42. The molecule has 176 valence electrons. The van der Waals surface area contributed by atoms with Gasteiger partial charge in [-0.1, -0.05) is 52.7 Å². The molecule has 1 saturated heterocycles. The van der Waals surface area contributed by atoms with Crippen molar-refractivity contribution in [3.8, 4) is 0 Å². The van der Waals surface area contributed by atoms with E-state index in [0.29, 0.717) is 11.7 Å². The lowest BCUT2D eigenvalue weighted by atomic mass is 10.0. The molecule has 0 aromatic carbocycles. The van der Waals surface area contributed by atoms with Gasteiger partial charge in [-0.25, -0.2) is 9.98 Å². The maximum atomic E-state index is 13.1. The number of rotatable bonds is 5. The minimum atomic E-state index is -0.173. The van der Waals surface area contributed by atoms with Crippen molar-refractivity contribution in [1.82, 2.24) is 14.8 Å². The molecule has 3 rings (SSSR count). The maximum Gasteiger partial charge on any atom is 0.249 e. The third-order valence-electron chi connectivity index (χ3n) is 5.94. The summed E-state index contributed by atoms with van der Waals surface area (Å²) >= 11 is 0. The second-order valence-corrected chi connectivity index (χ2v) is 8.73. The molecule has 0 N–H and O–H groups in total. The summed E-state index contributed by atoms with van der Waals surface area (Å²) in [5.41, 5.74) is 2.48. The number of hydrogen-bond acceptors (Lipinski definition) is 4. The average Bonchev–Trinajstić information content (AvgIpc) is 3.31. The largest absolute Gasteiger partial charge is 0.363 e. The Balaban J connectivity index is 0.00000114. The number of amides is 1. The van der Waals surface area contributed by atoms with Crippen LogP contribution < -0.4 is 4.90 Å². The van der Waals surface area contributed by atoms with Gasteiger partial charge in [0.25, 0.3) is 0 Å². The quantitative estimate of drug-likeness (QED) is 0.622. The summed E-state index contributed by atoms with van der Waals surface area (Å²) in [4.78, 5) is 28.5. The number of anilines is 1. The fourth-order valence-electron chi connectivity index (χ4n) is 4.34. The molecular weight excluding hydrogens is 398 g/mol. The van der Waals surface area contributed by atoms with Crippen LogP contribution in [0.5, 0.6) is 0 Å². The Morgan fingerprint density at radius 2 is 1.91 bits per heavy atom. The lowest BCUT2D eigenvalue weighted by Gasteiger charge is -2.45. The van der Waals surface area contributed by atoms with E-state index >= 15 is 0 Å². The summed E-state index contributed by atoms with van der Waals surface area (Å²) < 4.78 is 0. The molecule has 6 nitrogen and oxygen atoms in total. The Morgan fingerprint density at radius 3 is 2.44 bits per heavy atom. The second kappa shape index (κ2) is 11.8. The Labute approximate surface area is 194 Å². The van der Waals surface area contributed by atoms with Crippen molar-refractivity contribution in [2.75, 3.05) is 26.0 Å². The normalized spacial score (nSPS) is 21.7. The summed E-state index contributed by atoms with van der Waals surface area (Å²) in [6, 6.07) is 4.11. The van der Waals surface area contributed by atoms with Gasteiger partial charge in [-0.05, 0) is 38.3 Å². The molecule has 2 fully saturated rings. The van der Waals surface area contributed by atoms with Crippen LogP contribution >= 0.6 is 0 Å². The van der Waals surface area contributed by atoms with Gasteiger partial charge in [-0.2, -0.15) is 0 Å². The summed E-state index contributed by atoms with van der Waals surface area (Å²) in [6.07, 6.45) is 10.4. The van der Waals surface area contributed by atoms with Crippen LogP contribution in [0.3, 0.4) is 0 Å². The van der Waals surface area contributed by atoms with Crippen LogP contribution in [-0.2, 0) is 4.79 Å². The molecule has 1 aromatic rings. The fourth-order valence-corrected chi connectivity index (χ4v) is 4.34. The monoisotopic (exact) mass is 439 g/mol. The zero-order valence-electron chi connectivity index (χ0n) is 21.1. The number of amidine groups is 1. The predicted molar refractivity (Wildman–Crippen MR) is 136 cm³/mol. The van der Waals surface area contributed by atoms with Gasteiger partial charge in [0.1, 0.15) is 11.9 Å². The van der Waals surface area contributed by atoms with E-state index in [2.05, 4.69) is 37.2 Å². The summed E-state index contributed by atoms with van der Waals surface area (Å²) in [5, 5.41) is 0. The molecule has 1 amide bonds. The lowest BCUT2D eigenvalue weighted by molar-refractivity contribution is -0.134. The van der Waals surface area contributed by atoms with Crippen molar-refractivity contribution in [1.29, 1.82) is 0 Å². The van der Waals surface area contributed by atoms with E-state index in [1.807, 2.05) is 51.2 Å². The van der Waals surface area contributed by atoms with Gasteiger partial charge in [0.15, 0.2) is 5.84 Å². The summed E-state index contributed by atoms with van der Waals surface area (Å²) in [6.45, 7) is 12.5. The molecule has 32 heavy (non-hydrogen) atoms. The fraction of sp³-hybridized carbons (Fsp3) is 0.577. The highest BCUT2D eigenvalue weighted by atomic mass is 16.2. The average molecular weight is 440 g/mol. The van der Waals surface area contributed by atoms with Crippen LogP contribution in [-0.4, -0.2) is 59.8 Å². The van der Waals surface area contributed by atoms with Crippen LogP contribution in [0.2, 0.25) is 0 Å². The van der Waals surface area contributed by atoms with Gasteiger partial charge >= 0.3 is 0 Å². The first kappa shape index (κ1) is 25.6. The summed E-state index contributed by atoms with van der Waals surface area (Å²) in [5.74, 6) is 1.88. The predicted octanol–water partition coefficient (Wildman–Crippen LogP) is 5.33.